The van der Waals surface area contributed by atoms with Crippen molar-refractivity contribution in [2.45, 2.75) is 32.4 Å². The molecule has 1 aliphatic carbocycles. The highest BCUT2D eigenvalue weighted by Crippen LogP contribution is 2.19. The van der Waals surface area contributed by atoms with Gasteiger partial charge < -0.3 is 10.6 Å². The van der Waals surface area contributed by atoms with Crippen LogP contribution < -0.4 is 10.6 Å². The van der Waals surface area contributed by atoms with E-state index in [-0.39, 0.29) is 11.8 Å². The summed E-state index contributed by atoms with van der Waals surface area (Å²) in [6, 6.07) is 7.77. The number of hydrogen-bond donors (Lipinski definition) is 2. The Hall–Kier alpha value is -1.49. The molecule has 0 heterocycles. The average Bonchev–Trinajstić information content (AvgIpc) is 3.27. The van der Waals surface area contributed by atoms with Gasteiger partial charge in [-0.1, -0.05) is 19.1 Å². The molecular weight excluding hydrogens is 272 g/mol. The van der Waals surface area contributed by atoms with Gasteiger partial charge in [0, 0.05) is 18.2 Å². The fourth-order valence-electron chi connectivity index (χ4n) is 1.77. The summed E-state index contributed by atoms with van der Waals surface area (Å²) < 4.78 is 0. The third-order valence-electron chi connectivity index (χ3n) is 3.03. The second kappa shape index (κ2) is 7.33. The van der Waals surface area contributed by atoms with Gasteiger partial charge in [-0.15, -0.1) is 0 Å². The predicted octanol–water partition coefficient (Wildman–Crippen LogP) is 1.95. The molecule has 20 heavy (non-hydrogen) atoms. The molecular formula is C15H20N2O2S. The first-order chi connectivity index (χ1) is 9.69. The predicted molar refractivity (Wildman–Crippen MR) is 81.8 cm³/mol. The molecule has 0 aliphatic heterocycles. The normalized spacial score (nSPS) is 13.8. The Labute approximate surface area is 123 Å². The minimum Gasteiger partial charge on any atom is -0.351 e. The summed E-state index contributed by atoms with van der Waals surface area (Å²) in [6.07, 6.45) is 2.16. The summed E-state index contributed by atoms with van der Waals surface area (Å²) in [7, 11) is 0. The summed E-state index contributed by atoms with van der Waals surface area (Å²) in [5, 5.41) is 5.82. The van der Waals surface area contributed by atoms with Crippen molar-refractivity contribution in [2.24, 2.45) is 0 Å². The Morgan fingerprint density at radius 2 is 2.15 bits per heavy atom. The summed E-state index contributed by atoms with van der Waals surface area (Å²) >= 11 is 1.60. The van der Waals surface area contributed by atoms with Gasteiger partial charge in [-0.3, -0.25) is 9.59 Å². The second-order valence-electron chi connectivity index (χ2n) is 4.86. The van der Waals surface area contributed by atoms with Crippen LogP contribution in [0, 0.1) is 0 Å². The molecule has 0 atom stereocenters. The van der Waals surface area contributed by atoms with Gasteiger partial charge in [0.1, 0.15) is 0 Å². The maximum Gasteiger partial charge on any atom is 0.251 e. The van der Waals surface area contributed by atoms with Crippen molar-refractivity contribution in [3.05, 3.63) is 35.4 Å². The third kappa shape index (κ3) is 4.89. The van der Waals surface area contributed by atoms with Gasteiger partial charge in [0.05, 0.1) is 5.75 Å². The Bertz CT molecular complexity index is 487. The van der Waals surface area contributed by atoms with Crippen LogP contribution >= 0.6 is 11.8 Å². The molecule has 0 unspecified atom stereocenters. The number of carbonyl (C=O) groups is 2. The number of benzene rings is 1. The van der Waals surface area contributed by atoms with Crippen molar-refractivity contribution in [2.75, 3.05) is 11.5 Å². The summed E-state index contributed by atoms with van der Waals surface area (Å²) in [5.41, 5.74) is 1.61. The lowest BCUT2D eigenvalue weighted by atomic mass is 10.1. The highest BCUT2D eigenvalue weighted by atomic mass is 32.2. The van der Waals surface area contributed by atoms with E-state index in [1.54, 1.807) is 17.8 Å². The lowest BCUT2D eigenvalue weighted by molar-refractivity contribution is -0.118. The van der Waals surface area contributed by atoms with Gasteiger partial charge >= 0.3 is 0 Å². The van der Waals surface area contributed by atoms with Crippen LogP contribution in [0.15, 0.2) is 24.3 Å². The Balaban J connectivity index is 1.85. The van der Waals surface area contributed by atoms with E-state index in [0.717, 1.165) is 24.2 Å². The fourth-order valence-corrected chi connectivity index (χ4v) is 2.26. The first kappa shape index (κ1) is 14.9. The topological polar surface area (TPSA) is 58.2 Å². The molecule has 108 valence electrons. The highest BCUT2D eigenvalue weighted by molar-refractivity contribution is 7.99. The van der Waals surface area contributed by atoms with E-state index in [4.69, 9.17) is 0 Å². The molecule has 0 saturated heterocycles. The van der Waals surface area contributed by atoms with E-state index in [1.165, 1.54) is 0 Å². The minimum atomic E-state index is -0.0257. The molecule has 0 spiro atoms. The van der Waals surface area contributed by atoms with E-state index in [9.17, 15) is 9.59 Å². The lowest BCUT2D eigenvalue weighted by Crippen LogP contribution is -2.26. The second-order valence-corrected chi connectivity index (χ2v) is 6.14. The first-order valence-electron chi connectivity index (χ1n) is 6.93. The van der Waals surface area contributed by atoms with Gasteiger partial charge in [0.15, 0.2) is 0 Å². The molecule has 0 bridgehead atoms. The molecule has 0 radical (unpaired) electrons. The number of carbonyl (C=O) groups excluding carboxylic acids is 2. The molecule has 5 heteroatoms. The van der Waals surface area contributed by atoms with Crippen LogP contribution in [0.25, 0.3) is 0 Å². The van der Waals surface area contributed by atoms with Crippen LogP contribution in [0.5, 0.6) is 0 Å². The zero-order valence-electron chi connectivity index (χ0n) is 11.6. The number of nitrogens with one attached hydrogen (secondary N) is 2. The number of rotatable bonds is 7. The van der Waals surface area contributed by atoms with E-state index in [1.807, 2.05) is 25.1 Å². The minimum absolute atomic E-state index is 0.0257. The molecule has 0 aromatic heterocycles. The largest absolute Gasteiger partial charge is 0.351 e. The zero-order chi connectivity index (χ0) is 14.4. The molecule has 2 amide bonds. The van der Waals surface area contributed by atoms with Gasteiger partial charge in [0.25, 0.3) is 5.91 Å². The average molecular weight is 292 g/mol. The van der Waals surface area contributed by atoms with Crippen LogP contribution in [0.2, 0.25) is 0 Å². The van der Waals surface area contributed by atoms with Crippen LogP contribution in [0.4, 0.5) is 0 Å². The zero-order valence-corrected chi connectivity index (χ0v) is 12.5. The van der Waals surface area contributed by atoms with Crippen molar-refractivity contribution in [3.8, 4) is 0 Å². The van der Waals surface area contributed by atoms with Crippen molar-refractivity contribution >= 4 is 23.6 Å². The fraction of sp³-hybridized carbons (Fsp3) is 0.467. The molecule has 1 aliphatic rings. The smallest absolute Gasteiger partial charge is 0.251 e. The van der Waals surface area contributed by atoms with Gasteiger partial charge in [-0.05, 0) is 36.3 Å². The molecule has 1 fully saturated rings. The maximum atomic E-state index is 11.9. The van der Waals surface area contributed by atoms with E-state index >= 15 is 0 Å². The van der Waals surface area contributed by atoms with Gasteiger partial charge in [0.2, 0.25) is 5.91 Å². The summed E-state index contributed by atoms with van der Waals surface area (Å²) in [5.74, 6) is 1.43. The highest BCUT2D eigenvalue weighted by Gasteiger charge is 2.23. The molecule has 4 nitrogen and oxygen atoms in total. The molecule has 1 saturated carbocycles. The Morgan fingerprint density at radius 3 is 2.85 bits per heavy atom. The molecule has 1 aromatic carbocycles. The number of thioether (sulfide) groups is 1. The van der Waals surface area contributed by atoms with Crippen LogP contribution in [0.3, 0.4) is 0 Å². The summed E-state index contributed by atoms with van der Waals surface area (Å²) in [6.45, 7) is 2.49. The quantitative estimate of drug-likeness (QED) is 0.807. The Kier molecular flexibility index (Phi) is 5.47. The maximum absolute atomic E-state index is 11.9. The van der Waals surface area contributed by atoms with E-state index < -0.39 is 0 Å². The van der Waals surface area contributed by atoms with Crippen LogP contribution in [0.1, 0.15) is 35.7 Å². The van der Waals surface area contributed by atoms with Crippen molar-refractivity contribution < 1.29 is 9.59 Å². The lowest BCUT2D eigenvalue weighted by Gasteiger charge is -2.07. The number of hydrogen-bond acceptors (Lipinski definition) is 3. The van der Waals surface area contributed by atoms with Gasteiger partial charge in [-0.25, -0.2) is 0 Å². The van der Waals surface area contributed by atoms with Crippen LogP contribution in [-0.4, -0.2) is 29.4 Å². The van der Waals surface area contributed by atoms with E-state index in [0.29, 0.717) is 23.9 Å². The van der Waals surface area contributed by atoms with Gasteiger partial charge in [-0.2, -0.15) is 11.8 Å². The number of amides is 2. The summed E-state index contributed by atoms with van der Waals surface area (Å²) in [4.78, 5) is 23.5. The van der Waals surface area contributed by atoms with Crippen molar-refractivity contribution in [3.63, 3.8) is 0 Å². The molecule has 2 rings (SSSR count). The first-order valence-corrected chi connectivity index (χ1v) is 8.08. The molecule has 2 N–H and O–H groups in total. The third-order valence-corrected chi connectivity index (χ3v) is 3.90. The van der Waals surface area contributed by atoms with Crippen molar-refractivity contribution in [1.29, 1.82) is 0 Å². The van der Waals surface area contributed by atoms with Crippen molar-refractivity contribution in [1.82, 2.24) is 10.6 Å². The molecule has 1 aromatic rings. The standard InChI is InChI=1S/C15H20N2O2S/c1-2-20-10-14(18)16-9-11-4-3-5-12(8-11)15(19)17-13-6-7-13/h3-5,8,13H,2,6-7,9-10H2,1H3,(H,16,18)(H,17,19). The SMILES string of the molecule is CCSCC(=O)NCc1cccc(C(=O)NC2CC2)c1. The van der Waals surface area contributed by atoms with Crippen LogP contribution in [-0.2, 0) is 11.3 Å². The monoisotopic (exact) mass is 292 g/mol. The van der Waals surface area contributed by atoms with E-state index in [2.05, 4.69) is 10.6 Å². The Morgan fingerprint density at radius 1 is 1.35 bits per heavy atom.